The van der Waals surface area contributed by atoms with Gasteiger partial charge in [0.25, 0.3) is 5.91 Å². The highest BCUT2D eigenvalue weighted by molar-refractivity contribution is 9.10. The highest BCUT2D eigenvalue weighted by Gasteiger charge is 2.07. The summed E-state index contributed by atoms with van der Waals surface area (Å²) >= 11 is 9.35. The average Bonchev–Trinajstić information content (AvgIpc) is 2.47. The Morgan fingerprint density at radius 3 is 2.52 bits per heavy atom. The number of anilines is 1. The molecular weight excluding hydrogens is 350 g/mol. The van der Waals surface area contributed by atoms with E-state index in [2.05, 4.69) is 21.2 Å². The second-order valence-electron chi connectivity index (χ2n) is 4.67. The van der Waals surface area contributed by atoms with E-state index in [-0.39, 0.29) is 5.91 Å². The number of rotatable bonds is 2. The van der Waals surface area contributed by atoms with E-state index >= 15 is 0 Å². The van der Waals surface area contributed by atoms with Crippen molar-refractivity contribution in [3.63, 3.8) is 0 Å². The Hall–Kier alpha value is -1.84. The smallest absolute Gasteiger partial charge is 0.255 e. The monoisotopic (exact) mass is 359 g/mol. The second-order valence-corrected chi connectivity index (χ2v) is 6.02. The van der Waals surface area contributed by atoms with Gasteiger partial charge in [-0.25, -0.2) is 0 Å². The zero-order chi connectivity index (χ0) is 14.8. The Bertz CT molecular complexity index is 832. The Morgan fingerprint density at radius 1 is 0.952 bits per heavy atom. The summed E-state index contributed by atoms with van der Waals surface area (Å²) in [4.78, 5) is 12.2. The van der Waals surface area contributed by atoms with Gasteiger partial charge in [-0.05, 0) is 53.2 Å². The lowest BCUT2D eigenvalue weighted by Gasteiger charge is -2.07. The number of benzene rings is 3. The fourth-order valence-electron chi connectivity index (χ4n) is 2.13. The predicted octanol–water partition coefficient (Wildman–Crippen LogP) is 5.51. The van der Waals surface area contributed by atoms with Crippen LogP contribution < -0.4 is 5.32 Å². The zero-order valence-corrected chi connectivity index (χ0v) is 13.3. The molecule has 0 radical (unpaired) electrons. The number of hydrogen-bond donors (Lipinski definition) is 1. The van der Waals surface area contributed by atoms with Crippen LogP contribution in [0.5, 0.6) is 0 Å². The fourth-order valence-corrected chi connectivity index (χ4v) is 2.70. The molecular formula is C17H11BrClNO. The maximum atomic E-state index is 12.2. The molecule has 1 N–H and O–H groups in total. The molecule has 3 aromatic carbocycles. The first-order valence-corrected chi connectivity index (χ1v) is 7.55. The average molecular weight is 361 g/mol. The summed E-state index contributed by atoms with van der Waals surface area (Å²) in [5.74, 6) is -0.172. The maximum Gasteiger partial charge on any atom is 0.255 e. The van der Waals surface area contributed by atoms with Crippen LogP contribution in [-0.2, 0) is 0 Å². The molecule has 0 fully saturated rings. The first-order valence-electron chi connectivity index (χ1n) is 6.38. The highest BCUT2D eigenvalue weighted by Crippen LogP contribution is 2.23. The molecule has 104 valence electrons. The van der Waals surface area contributed by atoms with E-state index in [1.54, 1.807) is 24.3 Å². The summed E-state index contributed by atoms with van der Waals surface area (Å²) in [6, 6.07) is 18.7. The van der Waals surface area contributed by atoms with Gasteiger partial charge in [-0.1, -0.05) is 45.7 Å². The number of amides is 1. The molecule has 0 aliphatic heterocycles. The summed E-state index contributed by atoms with van der Waals surface area (Å²) in [5.41, 5.74) is 1.30. The number of carbonyl (C=O) groups is 1. The maximum absolute atomic E-state index is 12.2. The number of nitrogens with one attached hydrogen (secondary N) is 1. The number of halogens is 2. The first-order chi connectivity index (χ1) is 10.1. The van der Waals surface area contributed by atoms with Crippen LogP contribution in [0, 0.1) is 0 Å². The lowest BCUT2D eigenvalue weighted by atomic mass is 10.1. The van der Waals surface area contributed by atoms with Crippen molar-refractivity contribution in [1.29, 1.82) is 0 Å². The quantitative estimate of drug-likeness (QED) is 0.641. The van der Waals surface area contributed by atoms with Crippen molar-refractivity contribution in [1.82, 2.24) is 0 Å². The van der Waals surface area contributed by atoms with Crippen LogP contribution in [0.15, 0.2) is 65.1 Å². The van der Waals surface area contributed by atoms with Gasteiger partial charge in [0.05, 0.1) is 0 Å². The van der Waals surface area contributed by atoms with Crippen molar-refractivity contribution in [2.45, 2.75) is 0 Å². The molecule has 0 aromatic heterocycles. The molecule has 0 saturated heterocycles. The van der Waals surface area contributed by atoms with Crippen LogP contribution >= 0.6 is 27.5 Å². The molecule has 4 heteroatoms. The van der Waals surface area contributed by atoms with E-state index in [0.29, 0.717) is 10.6 Å². The molecule has 0 atom stereocenters. The minimum absolute atomic E-state index is 0.172. The van der Waals surface area contributed by atoms with Crippen LogP contribution in [0.3, 0.4) is 0 Å². The van der Waals surface area contributed by atoms with E-state index in [1.807, 2.05) is 36.4 Å². The fraction of sp³-hybridized carbons (Fsp3) is 0. The largest absolute Gasteiger partial charge is 0.322 e. The van der Waals surface area contributed by atoms with Gasteiger partial charge in [0.2, 0.25) is 0 Å². The lowest BCUT2D eigenvalue weighted by Crippen LogP contribution is -2.11. The molecule has 1 amide bonds. The SMILES string of the molecule is O=C(Nc1ccc2cc(Br)ccc2c1)c1cccc(Cl)c1. The molecule has 0 heterocycles. The first kappa shape index (κ1) is 14.1. The molecule has 3 aromatic rings. The topological polar surface area (TPSA) is 29.1 Å². The van der Waals surface area contributed by atoms with E-state index in [0.717, 1.165) is 20.9 Å². The minimum atomic E-state index is -0.172. The van der Waals surface area contributed by atoms with Crippen LogP contribution in [0.4, 0.5) is 5.69 Å². The molecule has 0 unspecified atom stereocenters. The standard InChI is InChI=1S/C17H11BrClNO/c18-14-6-4-12-10-16(7-5-11(12)8-14)20-17(21)13-2-1-3-15(19)9-13/h1-10H,(H,20,21). The number of hydrogen-bond acceptors (Lipinski definition) is 1. The van der Waals surface area contributed by atoms with E-state index < -0.39 is 0 Å². The van der Waals surface area contributed by atoms with Crippen molar-refractivity contribution >= 4 is 49.9 Å². The van der Waals surface area contributed by atoms with Gasteiger partial charge in [0.15, 0.2) is 0 Å². The molecule has 0 aliphatic rings. The molecule has 21 heavy (non-hydrogen) atoms. The van der Waals surface area contributed by atoms with Crippen LogP contribution in [0.1, 0.15) is 10.4 Å². The zero-order valence-electron chi connectivity index (χ0n) is 10.9. The third kappa shape index (κ3) is 3.26. The molecule has 3 rings (SSSR count). The predicted molar refractivity (Wildman–Crippen MR) is 91.1 cm³/mol. The van der Waals surface area contributed by atoms with Crippen molar-refractivity contribution < 1.29 is 4.79 Å². The van der Waals surface area contributed by atoms with E-state index in [9.17, 15) is 4.79 Å². The Labute approximate surface area is 135 Å². The summed E-state index contributed by atoms with van der Waals surface area (Å²) < 4.78 is 1.03. The van der Waals surface area contributed by atoms with Gasteiger partial charge in [-0.2, -0.15) is 0 Å². The summed E-state index contributed by atoms with van der Waals surface area (Å²) in [7, 11) is 0. The Morgan fingerprint density at radius 2 is 1.71 bits per heavy atom. The minimum Gasteiger partial charge on any atom is -0.322 e. The van der Waals surface area contributed by atoms with Gasteiger partial charge >= 0.3 is 0 Å². The molecule has 0 bridgehead atoms. The highest BCUT2D eigenvalue weighted by atomic mass is 79.9. The summed E-state index contributed by atoms with van der Waals surface area (Å²) in [6.45, 7) is 0. The van der Waals surface area contributed by atoms with Crippen LogP contribution in [-0.4, -0.2) is 5.91 Å². The van der Waals surface area contributed by atoms with E-state index in [4.69, 9.17) is 11.6 Å². The van der Waals surface area contributed by atoms with E-state index in [1.165, 1.54) is 0 Å². The second kappa shape index (κ2) is 5.88. The molecule has 2 nitrogen and oxygen atoms in total. The van der Waals surface area contributed by atoms with Crippen LogP contribution in [0.25, 0.3) is 10.8 Å². The molecule has 0 spiro atoms. The van der Waals surface area contributed by atoms with Crippen molar-refractivity contribution in [3.05, 3.63) is 75.7 Å². The third-order valence-electron chi connectivity index (χ3n) is 3.15. The van der Waals surface area contributed by atoms with Gasteiger partial charge in [-0.3, -0.25) is 4.79 Å². The number of fused-ring (bicyclic) bond motifs is 1. The van der Waals surface area contributed by atoms with Gasteiger partial charge in [-0.15, -0.1) is 0 Å². The molecule has 0 aliphatic carbocycles. The van der Waals surface area contributed by atoms with Crippen molar-refractivity contribution in [2.75, 3.05) is 5.32 Å². The Kier molecular flexibility index (Phi) is 3.95. The lowest BCUT2D eigenvalue weighted by molar-refractivity contribution is 0.102. The Balaban J connectivity index is 1.87. The molecule has 0 saturated carbocycles. The summed E-state index contributed by atoms with van der Waals surface area (Å²) in [6.07, 6.45) is 0. The van der Waals surface area contributed by atoms with Gasteiger partial charge in [0, 0.05) is 20.7 Å². The third-order valence-corrected chi connectivity index (χ3v) is 3.88. The van der Waals surface area contributed by atoms with Gasteiger partial charge < -0.3 is 5.32 Å². The number of carbonyl (C=O) groups excluding carboxylic acids is 1. The van der Waals surface area contributed by atoms with Crippen LogP contribution in [0.2, 0.25) is 5.02 Å². The van der Waals surface area contributed by atoms with Crippen molar-refractivity contribution in [3.8, 4) is 0 Å². The normalized spacial score (nSPS) is 10.6. The van der Waals surface area contributed by atoms with Gasteiger partial charge in [0.1, 0.15) is 0 Å². The summed E-state index contributed by atoms with van der Waals surface area (Å²) in [5, 5.41) is 5.62. The van der Waals surface area contributed by atoms with Crippen molar-refractivity contribution in [2.24, 2.45) is 0 Å².